The molecule has 3 nitrogen and oxygen atoms in total. The number of hydrogen-bond donors (Lipinski definition) is 1. The summed E-state index contributed by atoms with van der Waals surface area (Å²) in [6.45, 7) is 3.86. The van der Waals surface area contributed by atoms with Crippen molar-refractivity contribution in [2.75, 3.05) is 19.7 Å². The molecule has 19 heavy (non-hydrogen) atoms. The van der Waals surface area contributed by atoms with Gasteiger partial charge in [0, 0.05) is 33.0 Å². The third kappa shape index (κ3) is 1.71. The normalized spacial score (nSPS) is 18.0. The van der Waals surface area contributed by atoms with Crippen LogP contribution in [0, 0.1) is 0 Å². The van der Waals surface area contributed by atoms with Crippen LogP contribution in [0.2, 0.25) is 0 Å². The van der Waals surface area contributed by atoms with Gasteiger partial charge in [0.25, 0.3) is 0 Å². The van der Waals surface area contributed by atoms with Gasteiger partial charge in [0.1, 0.15) is 12.4 Å². The van der Waals surface area contributed by atoms with Crippen LogP contribution in [-0.2, 0) is 19.4 Å². The monoisotopic (exact) mass is 384 g/mol. The molecule has 1 aromatic carbocycles. The molecule has 0 saturated heterocycles. The number of rotatable bonds is 0. The third-order valence-corrected chi connectivity index (χ3v) is 6.05. The highest BCUT2D eigenvalue weighted by atomic mass is 79.9. The Balaban J connectivity index is 2.15. The van der Waals surface area contributed by atoms with Crippen LogP contribution in [0.1, 0.15) is 11.3 Å². The van der Waals surface area contributed by atoms with Gasteiger partial charge in [0.2, 0.25) is 0 Å². The minimum Gasteiger partial charge on any atom is -0.489 e. The summed E-state index contributed by atoms with van der Waals surface area (Å²) in [4.78, 5) is 0. The van der Waals surface area contributed by atoms with E-state index in [-0.39, 0.29) is 0 Å². The fourth-order valence-electron chi connectivity index (χ4n) is 3.28. The fourth-order valence-corrected chi connectivity index (χ4v) is 4.23. The van der Waals surface area contributed by atoms with Gasteiger partial charge in [0.15, 0.2) is 0 Å². The van der Waals surface area contributed by atoms with Crippen LogP contribution < -0.4 is 10.1 Å². The van der Waals surface area contributed by atoms with Crippen molar-refractivity contribution in [2.24, 2.45) is 0 Å². The summed E-state index contributed by atoms with van der Waals surface area (Å²) >= 11 is 7.39. The molecule has 0 aliphatic carbocycles. The van der Waals surface area contributed by atoms with Crippen molar-refractivity contribution >= 4 is 42.8 Å². The van der Waals surface area contributed by atoms with Crippen molar-refractivity contribution in [1.82, 2.24) is 9.88 Å². The molecular formula is C14H14Br2N2O. The predicted octanol–water partition coefficient (Wildman–Crippen LogP) is 3.25. The number of nitrogens with zero attached hydrogens (tertiary/aromatic N) is 1. The van der Waals surface area contributed by atoms with Crippen LogP contribution in [-0.4, -0.2) is 24.3 Å². The number of hydrogen-bond acceptors (Lipinski definition) is 2. The lowest BCUT2D eigenvalue weighted by Crippen LogP contribution is -2.19. The molecule has 0 amide bonds. The van der Waals surface area contributed by atoms with Crippen molar-refractivity contribution in [3.63, 3.8) is 0 Å². The minimum atomic E-state index is 0.769. The van der Waals surface area contributed by atoms with Crippen molar-refractivity contribution in [1.29, 1.82) is 0 Å². The molecule has 0 radical (unpaired) electrons. The van der Waals surface area contributed by atoms with Gasteiger partial charge in [-0.1, -0.05) is 0 Å². The topological polar surface area (TPSA) is 26.2 Å². The summed E-state index contributed by atoms with van der Waals surface area (Å²) in [6.07, 6.45) is 2.20. The maximum Gasteiger partial charge on any atom is 0.144 e. The van der Waals surface area contributed by atoms with E-state index in [1.807, 2.05) is 0 Å². The second-order valence-electron chi connectivity index (χ2n) is 5.07. The van der Waals surface area contributed by atoms with Crippen molar-refractivity contribution < 1.29 is 4.74 Å². The molecule has 100 valence electrons. The molecule has 5 heteroatoms. The molecule has 2 aliphatic rings. The van der Waals surface area contributed by atoms with Crippen molar-refractivity contribution in [3.8, 4) is 5.75 Å². The Morgan fingerprint density at radius 3 is 2.95 bits per heavy atom. The first-order valence-corrected chi connectivity index (χ1v) is 8.21. The zero-order valence-electron chi connectivity index (χ0n) is 10.4. The average Bonchev–Trinajstić information content (AvgIpc) is 2.59. The van der Waals surface area contributed by atoms with Gasteiger partial charge in [-0.15, -0.1) is 0 Å². The molecule has 2 aromatic rings. The minimum absolute atomic E-state index is 0.769. The van der Waals surface area contributed by atoms with E-state index in [2.05, 4.69) is 47.8 Å². The zero-order chi connectivity index (χ0) is 13.0. The number of aromatic nitrogens is 1. The Morgan fingerprint density at radius 1 is 1.21 bits per heavy atom. The summed E-state index contributed by atoms with van der Waals surface area (Å²) in [5.74, 6) is 1.01. The number of fused-ring (bicyclic) bond motifs is 3. The largest absolute Gasteiger partial charge is 0.489 e. The molecule has 0 atom stereocenters. The summed E-state index contributed by atoms with van der Waals surface area (Å²) < 4.78 is 10.6. The lowest BCUT2D eigenvalue weighted by atomic mass is 10.1. The van der Waals surface area contributed by atoms with E-state index in [1.165, 1.54) is 22.2 Å². The summed E-state index contributed by atoms with van der Waals surface area (Å²) in [6, 6.07) is 2.08. The van der Waals surface area contributed by atoms with Crippen LogP contribution in [0.15, 0.2) is 15.0 Å². The highest BCUT2D eigenvalue weighted by Crippen LogP contribution is 2.44. The maximum absolute atomic E-state index is 5.85. The lowest BCUT2D eigenvalue weighted by molar-refractivity contribution is 0.284. The molecule has 0 saturated carbocycles. The second kappa shape index (κ2) is 4.50. The smallest absolute Gasteiger partial charge is 0.144 e. The van der Waals surface area contributed by atoms with E-state index >= 15 is 0 Å². The number of benzene rings is 1. The van der Waals surface area contributed by atoms with Gasteiger partial charge >= 0.3 is 0 Å². The van der Waals surface area contributed by atoms with Gasteiger partial charge in [-0.3, -0.25) is 0 Å². The first-order chi connectivity index (χ1) is 9.27. The summed E-state index contributed by atoms with van der Waals surface area (Å²) in [5, 5.41) is 4.83. The molecule has 2 aliphatic heterocycles. The van der Waals surface area contributed by atoms with Crippen molar-refractivity contribution in [3.05, 3.63) is 26.3 Å². The first-order valence-electron chi connectivity index (χ1n) is 6.63. The molecule has 0 unspecified atom stereocenters. The van der Waals surface area contributed by atoms with Crippen LogP contribution in [0.3, 0.4) is 0 Å². The van der Waals surface area contributed by atoms with Gasteiger partial charge in [0.05, 0.1) is 12.1 Å². The number of nitrogens with one attached hydrogen (secondary N) is 1. The molecule has 1 N–H and O–H groups in total. The van der Waals surface area contributed by atoms with E-state index in [0.29, 0.717) is 0 Å². The van der Waals surface area contributed by atoms with Crippen LogP contribution in [0.25, 0.3) is 10.9 Å². The maximum atomic E-state index is 5.85. The fraction of sp³-hybridized carbons (Fsp3) is 0.429. The Morgan fingerprint density at radius 2 is 2.05 bits per heavy atom. The summed E-state index contributed by atoms with van der Waals surface area (Å²) in [5.41, 5.74) is 4.25. The SMILES string of the molecule is Brc1cc2c3c(c1Br)c1c(n3CCO2)CCNCC1. The number of halogens is 2. The Kier molecular flexibility index (Phi) is 2.90. The second-order valence-corrected chi connectivity index (χ2v) is 6.72. The third-order valence-electron chi connectivity index (χ3n) is 4.07. The Labute approximate surface area is 128 Å². The van der Waals surface area contributed by atoms with Crippen LogP contribution >= 0.6 is 31.9 Å². The molecule has 0 fully saturated rings. The molecular weight excluding hydrogens is 372 g/mol. The Hall–Kier alpha value is -0.520. The highest BCUT2D eigenvalue weighted by Gasteiger charge is 2.26. The van der Waals surface area contributed by atoms with Crippen molar-refractivity contribution in [2.45, 2.75) is 19.4 Å². The predicted molar refractivity (Wildman–Crippen MR) is 83.1 cm³/mol. The molecule has 4 rings (SSSR count). The van der Waals surface area contributed by atoms with Gasteiger partial charge < -0.3 is 14.6 Å². The van der Waals surface area contributed by atoms with E-state index in [9.17, 15) is 0 Å². The van der Waals surface area contributed by atoms with Gasteiger partial charge in [-0.05, 0) is 56.5 Å². The standard InChI is InChI=1S/C14H14Br2N2O/c15-9-7-11-14-12(13(9)16)8-1-3-17-4-2-10(8)18(14)5-6-19-11/h7,17H,1-6H2. The molecule has 0 spiro atoms. The van der Waals surface area contributed by atoms with Gasteiger partial charge in [-0.25, -0.2) is 0 Å². The highest BCUT2D eigenvalue weighted by molar-refractivity contribution is 9.13. The van der Waals surface area contributed by atoms with E-state index < -0.39 is 0 Å². The molecule has 3 heterocycles. The Bertz CT molecular complexity index is 678. The number of ether oxygens (including phenoxy) is 1. The first kappa shape index (κ1) is 12.2. The lowest BCUT2D eigenvalue weighted by Gasteiger charge is -2.20. The van der Waals surface area contributed by atoms with E-state index in [4.69, 9.17) is 4.74 Å². The van der Waals surface area contributed by atoms with Gasteiger partial charge in [-0.2, -0.15) is 0 Å². The molecule has 1 aromatic heterocycles. The quantitative estimate of drug-likeness (QED) is 0.753. The van der Waals surface area contributed by atoms with Crippen LogP contribution in [0.4, 0.5) is 0 Å². The molecule has 0 bridgehead atoms. The van der Waals surface area contributed by atoms with Crippen LogP contribution in [0.5, 0.6) is 5.75 Å². The van der Waals surface area contributed by atoms with E-state index in [0.717, 1.165) is 53.8 Å². The average molecular weight is 386 g/mol. The zero-order valence-corrected chi connectivity index (χ0v) is 13.6. The summed E-state index contributed by atoms with van der Waals surface area (Å²) in [7, 11) is 0. The van der Waals surface area contributed by atoms with E-state index in [1.54, 1.807) is 0 Å².